The van der Waals surface area contributed by atoms with Crippen LogP contribution in [0, 0.1) is 0 Å². The van der Waals surface area contributed by atoms with Crippen LogP contribution in [0.4, 0.5) is 11.4 Å². The SMILES string of the molecule is CN(C)C(=O)c1ccc(NC2CCCCCCC2)c(N)c1. The summed E-state index contributed by atoms with van der Waals surface area (Å²) in [5.74, 6) is -0.0146. The fourth-order valence-electron chi connectivity index (χ4n) is 2.91. The van der Waals surface area contributed by atoms with Gasteiger partial charge >= 0.3 is 0 Å². The average Bonchev–Trinajstić information content (AvgIpc) is 2.42. The van der Waals surface area contributed by atoms with E-state index in [1.165, 1.54) is 44.9 Å². The van der Waals surface area contributed by atoms with E-state index in [-0.39, 0.29) is 5.91 Å². The lowest BCUT2D eigenvalue weighted by Gasteiger charge is -2.23. The zero-order valence-corrected chi connectivity index (χ0v) is 13.2. The molecule has 0 aromatic heterocycles. The fraction of sp³-hybridized carbons (Fsp3) is 0.588. The molecular formula is C17H27N3O. The van der Waals surface area contributed by atoms with Gasteiger partial charge in [-0.15, -0.1) is 0 Å². The Morgan fingerprint density at radius 1 is 1.14 bits per heavy atom. The number of amides is 1. The first-order valence-electron chi connectivity index (χ1n) is 7.95. The number of nitrogen functional groups attached to an aromatic ring is 1. The summed E-state index contributed by atoms with van der Waals surface area (Å²) in [5.41, 5.74) is 8.36. The highest BCUT2D eigenvalue weighted by Crippen LogP contribution is 2.25. The van der Waals surface area contributed by atoms with Crippen LogP contribution in [-0.4, -0.2) is 30.9 Å². The summed E-state index contributed by atoms with van der Waals surface area (Å²) >= 11 is 0. The van der Waals surface area contributed by atoms with Gasteiger partial charge in [-0.3, -0.25) is 4.79 Å². The molecule has 1 saturated carbocycles. The number of rotatable bonds is 3. The minimum absolute atomic E-state index is 0.0146. The van der Waals surface area contributed by atoms with Crippen LogP contribution in [0.2, 0.25) is 0 Å². The first-order valence-corrected chi connectivity index (χ1v) is 7.95. The van der Waals surface area contributed by atoms with Gasteiger partial charge in [-0.2, -0.15) is 0 Å². The summed E-state index contributed by atoms with van der Waals surface area (Å²) in [5, 5.41) is 3.56. The van der Waals surface area contributed by atoms with Crippen molar-refractivity contribution in [2.45, 2.75) is 51.0 Å². The number of nitrogens with one attached hydrogen (secondary N) is 1. The van der Waals surface area contributed by atoms with E-state index in [4.69, 9.17) is 5.73 Å². The van der Waals surface area contributed by atoms with Crippen molar-refractivity contribution in [3.8, 4) is 0 Å². The number of hydrogen-bond acceptors (Lipinski definition) is 3. The quantitative estimate of drug-likeness (QED) is 0.837. The van der Waals surface area contributed by atoms with E-state index in [0.29, 0.717) is 17.3 Å². The maximum atomic E-state index is 11.9. The molecule has 0 radical (unpaired) electrons. The van der Waals surface area contributed by atoms with Crippen molar-refractivity contribution < 1.29 is 4.79 Å². The Morgan fingerprint density at radius 3 is 2.33 bits per heavy atom. The molecular weight excluding hydrogens is 262 g/mol. The van der Waals surface area contributed by atoms with Crippen molar-refractivity contribution in [3.05, 3.63) is 23.8 Å². The van der Waals surface area contributed by atoms with Crippen LogP contribution in [0.1, 0.15) is 55.3 Å². The first kappa shape index (κ1) is 15.7. The van der Waals surface area contributed by atoms with Gasteiger partial charge in [0.05, 0.1) is 11.4 Å². The van der Waals surface area contributed by atoms with Gasteiger partial charge in [-0.25, -0.2) is 0 Å². The highest BCUT2D eigenvalue weighted by atomic mass is 16.2. The molecule has 0 bridgehead atoms. The average molecular weight is 289 g/mol. The van der Waals surface area contributed by atoms with Gasteiger partial charge in [0, 0.05) is 25.7 Å². The van der Waals surface area contributed by atoms with Gasteiger partial charge in [0.25, 0.3) is 5.91 Å². The van der Waals surface area contributed by atoms with Crippen molar-refractivity contribution in [2.24, 2.45) is 0 Å². The highest BCUT2D eigenvalue weighted by molar-refractivity contribution is 5.95. The Labute approximate surface area is 127 Å². The molecule has 116 valence electrons. The third kappa shape index (κ3) is 4.38. The Hall–Kier alpha value is -1.71. The van der Waals surface area contributed by atoms with Crippen LogP contribution in [0.5, 0.6) is 0 Å². The van der Waals surface area contributed by atoms with Crippen LogP contribution in [-0.2, 0) is 0 Å². The second kappa shape index (κ2) is 7.34. The molecule has 1 aromatic rings. The molecule has 2 rings (SSSR count). The topological polar surface area (TPSA) is 58.4 Å². The molecule has 1 aromatic carbocycles. The third-order valence-electron chi connectivity index (χ3n) is 4.17. The number of nitrogens with two attached hydrogens (primary N) is 1. The summed E-state index contributed by atoms with van der Waals surface area (Å²) in [6, 6.07) is 6.06. The standard InChI is InChI=1S/C17H27N3O/c1-20(2)17(21)13-10-11-16(15(18)12-13)19-14-8-6-4-3-5-7-9-14/h10-12,14,19H,3-9,18H2,1-2H3. The Kier molecular flexibility index (Phi) is 5.48. The molecule has 1 fully saturated rings. The number of carbonyl (C=O) groups excluding carboxylic acids is 1. The molecule has 1 amide bonds. The lowest BCUT2D eigenvalue weighted by Crippen LogP contribution is -2.23. The normalized spacial score (nSPS) is 16.9. The van der Waals surface area contributed by atoms with Crippen molar-refractivity contribution in [2.75, 3.05) is 25.1 Å². The van der Waals surface area contributed by atoms with Crippen molar-refractivity contribution in [3.63, 3.8) is 0 Å². The molecule has 21 heavy (non-hydrogen) atoms. The van der Waals surface area contributed by atoms with E-state index in [1.54, 1.807) is 25.1 Å². The molecule has 0 unspecified atom stereocenters. The molecule has 1 aliphatic rings. The summed E-state index contributed by atoms with van der Waals surface area (Å²) in [7, 11) is 3.50. The van der Waals surface area contributed by atoms with Crippen molar-refractivity contribution >= 4 is 17.3 Å². The fourth-order valence-corrected chi connectivity index (χ4v) is 2.91. The molecule has 0 atom stereocenters. The minimum Gasteiger partial charge on any atom is -0.397 e. The van der Waals surface area contributed by atoms with Gasteiger partial charge in [-0.1, -0.05) is 32.1 Å². The molecule has 0 heterocycles. The Bertz CT molecular complexity index is 477. The zero-order valence-electron chi connectivity index (χ0n) is 13.2. The van der Waals surface area contributed by atoms with Crippen LogP contribution in [0.25, 0.3) is 0 Å². The Morgan fingerprint density at radius 2 is 1.76 bits per heavy atom. The molecule has 4 nitrogen and oxygen atoms in total. The molecule has 1 aliphatic carbocycles. The number of hydrogen-bond donors (Lipinski definition) is 2. The molecule has 0 spiro atoms. The summed E-state index contributed by atoms with van der Waals surface area (Å²) < 4.78 is 0. The van der Waals surface area contributed by atoms with Gasteiger partial charge in [0.15, 0.2) is 0 Å². The molecule has 4 heteroatoms. The number of anilines is 2. The number of nitrogens with zero attached hydrogens (tertiary/aromatic N) is 1. The maximum Gasteiger partial charge on any atom is 0.253 e. The lowest BCUT2D eigenvalue weighted by atomic mass is 9.96. The van der Waals surface area contributed by atoms with Crippen molar-refractivity contribution in [1.82, 2.24) is 4.90 Å². The van der Waals surface area contributed by atoms with Gasteiger partial charge in [0.2, 0.25) is 0 Å². The predicted octanol–water partition coefficient (Wildman–Crippen LogP) is 3.50. The highest BCUT2D eigenvalue weighted by Gasteiger charge is 2.14. The monoisotopic (exact) mass is 289 g/mol. The van der Waals surface area contributed by atoms with Crippen LogP contribution < -0.4 is 11.1 Å². The second-order valence-electron chi connectivity index (χ2n) is 6.19. The van der Waals surface area contributed by atoms with Crippen LogP contribution in [0.3, 0.4) is 0 Å². The largest absolute Gasteiger partial charge is 0.397 e. The summed E-state index contributed by atoms with van der Waals surface area (Å²) in [6.45, 7) is 0. The van der Waals surface area contributed by atoms with E-state index in [2.05, 4.69) is 5.32 Å². The third-order valence-corrected chi connectivity index (χ3v) is 4.17. The first-order chi connectivity index (χ1) is 10.1. The number of carbonyl (C=O) groups is 1. The van der Waals surface area contributed by atoms with Gasteiger partial charge in [0.1, 0.15) is 0 Å². The molecule has 3 N–H and O–H groups in total. The van der Waals surface area contributed by atoms with E-state index < -0.39 is 0 Å². The maximum absolute atomic E-state index is 11.9. The van der Waals surface area contributed by atoms with E-state index in [0.717, 1.165) is 5.69 Å². The van der Waals surface area contributed by atoms with E-state index in [9.17, 15) is 4.79 Å². The van der Waals surface area contributed by atoms with E-state index >= 15 is 0 Å². The van der Waals surface area contributed by atoms with Gasteiger partial charge in [-0.05, 0) is 31.0 Å². The zero-order chi connectivity index (χ0) is 15.2. The van der Waals surface area contributed by atoms with Gasteiger partial charge < -0.3 is 16.0 Å². The summed E-state index contributed by atoms with van der Waals surface area (Å²) in [4.78, 5) is 13.5. The van der Waals surface area contributed by atoms with Crippen LogP contribution >= 0.6 is 0 Å². The summed E-state index contributed by atoms with van der Waals surface area (Å²) in [6.07, 6.45) is 9.03. The lowest BCUT2D eigenvalue weighted by molar-refractivity contribution is 0.0827. The smallest absolute Gasteiger partial charge is 0.253 e. The predicted molar refractivity (Wildman–Crippen MR) is 88.6 cm³/mol. The Balaban J connectivity index is 2.04. The molecule has 0 aliphatic heterocycles. The minimum atomic E-state index is -0.0146. The van der Waals surface area contributed by atoms with Crippen molar-refractivity contribution in [1.29, 1.82) is 0 Å². The van der Waals surface area contributed by atoms with Crippen LogP contribution in [0.15, 0.2) is 18.2 Å². The van der Waals surface area contributed by atoms with E-state index in [1.807, 2.05) is 12.1 Å². The number of benzene rings is 1. The molecule has 0 saturated heterocycles. The second-order valence-corrected chi connectivity index (χ2v) is 6.19.